The van der Waals surface area contributed by atoms with Crippen molar-refractivity contribution in [3.8, 4) is 11.6 Å². The number of hydrogen-bond donors (Lipinski definition) is 2. The minimum atomic E-state index is -4.75. The van der Waals surface area contributed by atoms with Crippen LogP contribution in [0.1, 0.15) is 27.0 Å². The second kappa shape index (κ2) is 10.9. The average molecular weight is 502 g/mol. The first kappa shape index (κ1) is 25.4. The Morgan fingerprint density at radius 3 is 2.72 bits per heavy atom. The molecule has 0 unspecified atom stereocenters. The molecule has 0 aliphatic carbocycles. The average Bonchev–Trinajstić information content (AvgIpc) is 2.86. The second-order valence-electron chi connectivity index (χ2n) is 8.21. The van der Waals surface area contributed by atoms with E-state index in [1.165, 1.54) is 24.7 Å². The summed E-state index contributed by atoms with van der Waals surface area (Å²) in [6, 6.07) is 11.8. The molecule has 1 amide bonds. The van der Waals surface area contributed by atoms with Crippen molar-refractivity contribution in [3.63, 3.8) is 0 Å². The number of methoxy groups -OCH3 is 1. The summed E-state index contributed by atoms with van der Waals surface area (Å²) >= 11 is 0. The van der Waals surface area contributed by atoms with Crippen LogP contribution in [0.3, 0.4) is 0 Å². The number of hydrogen-bond acceptors (Lipinski definition) is 7. The lowest BCUT2D eigenvalue weighted by Gasteiger charge is -2.28. The lowest BCUT2D eigenvalue weighted by Crippen LogP contribution is -2.33. The molecule has 0 saturated heterocycles. The number of amides is 1. The first-order valence-corrected chi connectivity index (χ1v) is 11.3. The van der Waals surface area contributed by atoms with Gasteiger partial charge in [-0.2, -0.15) is 18.2 Å². The number of fused-ring (bicyclic) bond motifs is 1. The van der Waals surface area contributed by atoms with Crippen molar-refractivity contribution in [1.29, 1.82) is 0 Å². The van der Waals surface area contributed by atoms with Crippen molar-refractivity contribution in [2.75, 3.05) is 39.2 Å². The Morgan fingerprint density at radius 2 is 1.97 bits per heavy atom. The molecule has 0 spiro atoms. The van der Waals surface area contributed by atoms with Crippen LogP contribution < -0.4 is 15.4 Å². The molecule has 2 heterocycles. The molecule has 0 saturated carbocycles. The fraction of sp³-hybridized carbons (Fsp3) is 0.320. The zero-order valence-corrected chi connectivity index (χ0v) is 19.9. The van der Waals surface area contributed by atoms with Crippen LogP contribution in [0.5, 0.6) is 11.6 Å². The van der Waals surface area contributed by atoms with E-state index in [2.05, 4.69) is 25.5 Å². The summed E-state index contributed by atoms with van der Waals surface area (Å²) in [6.07, 6.45) is -3.25. The van der Waals surface area contributed by atoms with Crippen LogP contribution in [-0.4, -0.2) is 54.6 Å². The predicted molar refractivity (Wildman–Crippen MR) is 128 cm³/mol. The molecule has 2 N–H and O–H groups in total. The molecule has 1 aliphatic heterocycles. The van der Waals surface area contributed by atoms with E-state index in [0.717, 1.165) is 31.6 Å². The Hall–Kier alpha value is -3.70. The van der Waals surface area contributed by atoms with Gasteiger partial charge in [0.05, 0.1) is 12.2 Å². The molecular weight excluding hydrogens is 475 g/mol. The van der Waals surface area contributed by atoms with E-state index < -0.39 is 23.5 Å². The number of carbonyl (C=O) groups is 1. The van der Waals surface area contributed by atoms with Crippen molar-refractivity contribution in [2.45, 2.75) is 19.1 Å². The number of benzene rings is 2. The van der Waals surface area contributed by atoms with E-state index in [-0.39, 0.29) is 17.3 Å². The lowest BCUT2D eigenvalue weighted by atomic mass is 9.99. The van der Waals surface area contributed by atoms with E-state index in [0.29, 0.717) is 18.5 Å². The Bertz CT molecular complexity index is 1240. The van der Waals surface area contributed by atoms with Gasteiger partial charge in [-0.3, -0.25) is 9.69 Å². The summed E-state index contributed by atoms with van der Waals surface area (Å²) in [4.78, 5) is 22.3. The van der Waals surface area contributed by atoms with Crippen molar-refractivity contribution >= 4 is 17.5 Å². The van der Waals surface area contributed by atoms with E-state index in [1.807, 2.05) is 18.2 Å². The molecule has 1 aromatic heterocycles. The van der Waals surface area contributed by atoms with Crippen LogP contribution in [0.2, 0.25) is 0 Å². The molecule has 0 fully saturated rings. The quantitative estimate of drug-likeness (QED) is 0.473. The van der Waals surface area contributed by atoms with Gasteiger partial charge in [0.2, 0.25) is 11.8 Å². The number of nitrogens with one attached hydrogen (secondary N) is 2. The Balaban J connectivity index is 1.59. The van der Waals surface area contributed by atoms with Gasteiger partial charge in [-0.1, -0.05) is 18.2 Å². The minimum absolute atomic E-state index is 0.0567. The van der Waals surface area contributed by atoms with E-state index in [1.54, 1.807) is 19.2 Å². The lowest BCUT2D eigenvalue weighted by molar-refractivity contribution is -0.139. The van der Waals surface area contributed by atoms with Crippen molar-refractivity contribution in [3.05, 3.63) is 70.9 Å². The summed E-state index contributed by atoms with van der Waals surface area (Å²) in [6.45, 7) is 3.21. The number of halogens is 3. The number of rotatable bonds is 8. The molecule has 4 rings (SSSR count). The van der Waals surface area contributed by atoms with Gasteiger partial charge < -0.3 is 20.1 Å². The van der Waals surface area contributed by atoms with Gasteiger partial charge in [-0.25, -0.2) is 4.98 Å². The number of anilines is 2. The summed E-state index contributed by atoms with van der Waals surface area (Å²) in [5.41, 5.74) is 1.91. The van der Waals surface area contributed by atoms with E-state index >= 15 is 0 Å². The highest BCUT2D eigenvalue weighted by molar-refractivity contribution is 5.96. The van der Waals surface area contributed by atoms with Crippen LogP contribution in [-0.2, 0) is 23.9 Å². The summed E-state index contributed by atoms with van der Waals surface area (Å²) < 4.78 is 51.7. The molecule has 36 heavy (non-hydrogen) atoms. The molecule has 190 valence electrons. The third kappa shape index (κ3) is 5.92. The monoisotopic (exact) mass is 501 g/mol. The fourth-order valence-electron chi connectivity index (χ4n) is 3.91. The standard InChI is InChI=1S/C25H26F3N5O3/c1-29-22(34)19-5-3-4-6-21(19)36-23-20(25(26,27)28)14-30-24(32-23)31-18-8-7-17-15-33(11-12-35-2)10-9-16(17)13-18/h3-8,13-14H,9-12,15H2,1-2H3,(H,29,34)(H,30,31,32). The van der Waals surface area contributed by atoms with Crippen LogP contribution in [0.4, 0.5) is 24.8 Å². The normalized spacial score (nSPS) is 13.7. The topological polar surface area (TPSA) is 88.6 Å². The molecule has 1 aliphatic rings. The maximum atomic E-state index is 13.7. The van der Waals surface area contributed by atoms with Gasteiger partial charge in [0.15, 0.2) is 0 Å². The van der Waals surface area contributed by atoms with Gasteiger partial charge in [-0.15, -0.1) is 0 Å². The maximum absolute atomic E-state index is 13.7. The maximum Gasteiger partial charge on any atom is 0.423 e. The first-order valence-electron chi connectivity index (χ1n) is 11.3. The number of carbonyl (C=O) groups excluding carboxylic acids is 1. The van der Waals surface area contributed by atoms with Gasteiger partial charge in [-0.05, 0) is 41.8 Å². The zero-order chi connectivity index (χ0) is 25.7. The predicted octanol–water partition coefficient (Wildman–Crippen LogP) is 4.40. The number of nitrogens with zero attached hydrogens (tertiary/aromatic N) is 3. The van der Waals surface area contributed by atoms with Gasteiger partial charge >= 0.3 is 6.18 Å². The van der Waals surface area contributed by atoms with Gasteiger partial charge in [0, 0.05) is 45.7 Å². The Morgan fingerprint density at radius 1 is 1.17 bits per heavy atom. The molecule has 3 aromatic rings. The van der Waals surface area contributed by atoms with Gasteiger partial charge in [0.25, 0.3) is 5.91 Å². The summed E-state index contributed by atoms with van der Waals surface area (Å²) in [5.74, 6) is -1.32. The zero-order valence-electron chi connectivity index (χ0n) is 19.9. The second-order valence-corrected chi connectivity index (χ2v) is 8.21. The fourth-order valence-corrected chi connectivity index (χ4v) is 3.91. The molecule has 0 atom stereocenters. The van der Waals surface area contributed by atoms with Gasteiger partial charge in [0.1, 0.15) is 11.3 Å². The highest BCUT2D eigenvalue weighted by Gasteiger charge is 2.37. The number of alkyl halides is 3. The number of para-hydroxylation sites is 1. The minimum Gasteiger partial charge on any atom is -0.437 e. The van der Waals surface area contributed by atoms with Crippen LogP contribution in [0.15, 0.2) is 48.7 Å². The first-order chi connectivity index (χ1) is 17.3. The molecule has 0 radical (unpaired) electrons. The molecule has 8 nitrogen and oxygen atoms in total. The number of aromatic nitrogens is 2. The highest BCUT2D eigenvalue weighted by Crippen LogP contribution is 2.38. The molecule has 11 heteroatoms. The van der Waals surface area contributed by atoms with Crippen molar-refractivity contribution in [1.82, 2.24) is 20.2 Å². The van der Waals surface area contributed by atoms with Crippen LogP contribution >= 0.6 is 0 Å². The molecular formula is C25H26F3N5O3. The molecule has 2 aromatic carbocycles. The molecule has 0 bridgehead atoms. The third-order valence-corrected chi connectivity index (χ3v) is 5.79. The summed E-state index contributed by atoms with van der Waals surface area (Å²) in [5, 5.41) is 5.41. The SMILES string of the molecule is CNC(=O)c1ccccc1Oc1nc(Nc2ccc3c(c2)CCN(CCOC)C3)ncc1C(F)(F)F. The smallest absolute Gasteiger partial charge is 0.423 e. The highest BCUT2D eigenvalue weighted by atomic mass is 19.4. The third-order valence-electron chi connectivity index (χ3n) is 5.79. The largest absolute Gasteiger partial charge is 0.437 e. The number of ether oxygens (including phenoxy) is 2. The van der Waals surface area contributed by atoms with Crippen molar-refractivity contribution < 1.29 is 27.4 Å². The Kier molecular flexibility index (Phi) is 7.70. The van der Waals surface area contributed by atoms with E-state index in [9.17, 15) is 18.0 Å². The van der Waals surface area contributed by atoms with Crippen LogP contribution in [0, 0.1) is 0 Å². The van der Waals surface area contributed by atoms with Crippen molar-refractivity contribution in [2.24, 2.45) is 0 Å². The Labute approximate surface area is 206 Å². The van der Waals surface area contributed by atoms with Crippen LogP contribution in [0.25, 0.3) is 0 Å². The summed E-state index contributed by atoms with van der Waals surface area (Å²) in [7, 11) is 3.10. The van der Waals surface area contributed by atoms with E-state index in [4.69, 9.17) is 9.47 Å².